The van der Waals surface area contributed by atoms with Gasteiger partial charge in [0.15, 0.2) is 0 Å². The molecule has 0 fully saturated rings. The molecule has 0 aliphatic rings. The van der Waals surface area contributed by atoms with Gasteiger partial charge in [-0.15, -0.1) is 0 Å². The molecule has 0 radical (unpaired) electrons. The molecule has 1 aromatic heterocycles. The van der Waals surface area contributed by atoms with E-state index in [9.17, 15) is 0 Å². The molecule has 0 atom stereocenters. The second-order valence-corrected chi connectivity index (χ2v) is 2.90. The van der Waals surface area contributed by atoms with Crippen LogP contribution in [0.15, 0.2) is 53.1 Å². The van der Waals surface area contributed by atoms with Crippen molar-refractivity contribution in [2.24, 2.45) is 0 Å². The highest BCUT2D eigenvalue weighted by Crippen LogP contribution is 2.21. The third-order valence-electron chi connectivity index (χ3n) is 2.01. The minimum absolute atomic E-state index is 0.852. The molecule has 0 aliphatic carbocycles. The summed E-state index contributed by atoms with van der Waals surface area (Å²) in [6.45, 7) is 0. The lowest BCUT2D eigenvalue weighted by Crippen LogP contribution is -1.82. The third-order valence-corrected chi connectivity index (χ3v) is 2.01. The van der Waals surface area contributed by atoms with Crippen molar-refractivity contribution in [1.82, 2.24) is 0 Å². The van der Waals surface area contributed by atoms with Gasteiger partial charge in [0.05, 0.1) is 12.7 Å². The van der Waals surface area contributed by atoms with Crippen LogP contribution in [-0.2, 0) is 0 Å². The Hall–Kier alpha value is -1.83. The van der Waals surface area contributed by atoms with E-state index in [1.54, 1.807) is 13.4 Å². The molecule has 70 valence electrons. The molecule has 14 heavy (non-hydrogen) atoms. The molecule has 2 rings (SSSR count). The number of rotatable bonds is 2. The summed E-state index contributed by atoms with van der Waals surface area (Å²) in [5.41, 5.74) is 1.05. The highest BCUT2D eigenvalue weighted by Gasteiger charge is 2.08. The summed E-state index contributed by atoms with van der Waals surface area (Å²) in [6, 6.07) is 13.5. The second-order valence-electron chi connectivity index (χ2n) is 2.90. The molecule has 0 bridgehead atoms. The molecule has 2 aromatic rings. The number of ether oxygens (including phenoxy) is 1. The van der Waals surface area contributed by atoms with Crippen molar-refractivity contribution in [1.29, 1.82) is 0 Å². The summed E-state index contributed by atoms with van der Waals surface area (Å²) in [6.07, 6.45) is 1.67. The Morgan fingerprint density at radius 1 is 1.00 bits per heavy atom. The average molecular weight is 187 g/mol. The largest absolute Gasteiger partial charge is 0.497 e. The Kier molecular flexibility index (Phi) is 2.45. The van der Waals surface area contributed by atoms with Gasteiger partial charge in [0, 0.05) is 12.1 Å². The van der Waals surface area contributed by atoms with Crippen LogP contribution in [0.4, 0.5) is 0 Å². The van der Waals surface area contributed by atoms with E-state index in [-0.39, 0.29) is 0 Å². The first-order valence-electron chi connectivity index (χ1n) is 4.41. The quantitative estimate of drug-likeness (QED) is 0.673. The van der Waals surface area contributed by atoms with Crippen molar-refractivity contribution in [2.45, 2.75) is 0 Å². The van der Waals surface area contributed by atoms with Gasteiger partial charge in [0.2, 0.25) is 0 Å². The zero-order valence-electron chi connectivity index (χ0n) is 7.94. The van der Waals surface area contributed by atoms with Crippen LogP contribution in [-0.4, -0.2) is 7.11 Å². The van der Waals surface area contributed by atoms with E-state index in [0.29, 0.717) is 0 Å². The summed E-state index contributed by atoms with van der Waals surface area (Å²) in [5, 5.41) is 0. The van der Waals surface area contributed by atoms with Gasteiger partial charge >= 0.3 is 12.0 Å². The predicted octanol–water partition coefficient (Wildman–Crippen LogP) is 3.24. The first kappa shape index (κ1) is 8.75. The summed E-state index contributed by atoms with van der Waals surface area (Å²) in [5.74, 6) is 1.71. The average Bonchev–Trinajstić information content (AvgIpc) is 2.30. The van der Waals surface area contributed by atoms with E-state index in [0.717, 1.165) is 17.1 Å². The van der Waals surface area contributed by atoms with Crippen molar-refractivity contribution in [2.75, 3.05) is 7.11 Å². The Morgan fingerprint density at radius 2 is 1.79 bits per heavy atom. The molecule has 0 saturated carbocycles. The molecule has 0 aliphatic heterocycles. The van der Waals surface area contributed by atoms with Crippen molar-refractivity contribution < 1.29 is 9.15 Å². The molecule has 0 saturated heterocycles. The fourth-order valence-electron chi connectivity index (χ4n) is 1.26. The van der Waals surface area contributed by atoms with Gasteiger partial charge in [-0.3, -0.25) is 0 Å². The minimum Gasteiger partial charge on any atom is -0.497 e. The smallest absolute Gasteiger partial charge is 0.359 e. The first-order chi connectivity index (χ1) is 6.90. The van der Waals surface area contributed by atoms with Gasteiger partial charge in [0.1, 0.15) is 5.75 Å². The molecule has 0 unspecified atom stereocenters. The van der Waals surface area contributed by atoms with Crippen LogP contribution >= 0.6 is 0 Å². The molecule has 0 spiro atoms. The summed E-state index contributed by atoms with van der Waals surface area (Å²) >= 11 is 0. The number of methoxy groups -OCH3 is 1. The molecule has 1 aromatic carbocycles. The fourth-order valence-corrected chi connectivity index (χ4v) is 1.26. The van der Waals surface area contributed by atoms with E-state index in [1.165, 1.54) is 0 Å². The maximum atomic E-state index is 5.35. The highest BCUT2D eigenvalue weighted by molar-refractivity contribution is 5.57. The van der Waals surface area contributed by atoms with Crippen LogP contribution < -0.4 is 4.74 Å². The van der Waals surface area contributed by atoms with E-state index in [2.05, 4.69) is 0 Å². The number of hydrogen-bond donors (Lipinski definition) is 0. The third kappa shape index (κ3) is 1.74. The number of hydrogen-bond acceptors (Lipinski definition) is 1. The fraction of sp³-hybridized carbons (Fsp3) is 0.0833. The van der Waals surface area contributed by atoms with Crippen LogP contribution in [0.25, 0.3) is 11.3 Å². The molecule has 0 amide bonds. The summed E-state index contributed by atoms with van der Waals surface area (Å²) in [7, 11) is 1.65. The van der Waals surface area contributed by atoms with Crippen LogP contribution in [0.5, 0.6) is 5.75 Å². The van der Waals surface area contributed by atoms with Crippen molar-refractivity contribution in [3.8, 4) is 17.1 Å². The van der Waals surface area contributed by atoms with Gasteiger partial charge in [-0.2, -0.15) is 0 Å². The Morgan fingerprint density at radius 3 is 2.36 bits per heavy atom. The summed E-state index contributed by atoms with van der Waals surface area (Å²) in [4.78, 5) is 0. The highest BCUT2D eigenvalue weighted by atomic mass is 16.5. The van der Waals surface area contributed by atoms with Gasteiger partial charge < -0.3 is 4.74 Å². The lowest BCUT2D eigenvalue weighted by Gasteiger charge is -1.97. The Labute approximate surface area is 82.8 Å². The van der Waals surface area contributed by atoms with E-state index < -0.39 is 0 Å². The molecule has 1 heterocycles. The maximum absolute atomic E-state index is 5.35. The number of benzene rings is 1. The van der Waals surface area contributed by atoms with Gasteiger partial charge in [-0.1, -0.05) is 0 Å². The van der Waals surface area contributed by atoms with Crippen molar-refractivity contribution in [3.63, 3.8) is 0 Å². The van der Waals surface area contributed by atoms with E-state index >= 15 is 0 Å². The van der Waals surface area contributed by atoms with Crippen LogP contribution in [0.2, 0.25) is 0 Å². The monoisotopic (exact) mass is 187 g/mol. The molecule has 0 N–H and O–H groups in total. The zero-order chi connectivity index (χ0) is 9.80. The van der Waals surface area contributed by atoms with E-state index in [1.807, 2.05) is 42.5 Å². The van der Waals surface area contributed by atoms with Gasteiger partial charge in [-0.05, 0) is 30.3 Å². The normalized spacial score (nSPS) is 9.79. The minimum atomic E-state index is 0.852. The van der Waals surface area contributed by atoms with Crippen LogP contribution in [0.3, 0.4) is 0 Å². The van der Waals surface area contributed by atoms with E-state index in [4.69, 9.17) is 9.15 Å². The second kappa shape index (κ2) is 3.92. The van der Waals surface area contributed by atoms with Crippen molar-refractivity contribution >= 4 is 0 Å². The Balaban J connectivity index is 2.34. The molecular formula is C12H11O2+. The lowest BCUT2D eigenvalue weighted by molar-refractivity contribution is 0.415. The topological polar surface area (TPSA) is 20.5 Å². The van der Waals surface area contributed by atoms with Gasteiger partial charge in [0.25, 0.3) is 0 Å². The lowest BCUT2D eigenvalue weighted by atomic mass is 10.1. The Bertz CT molecular complexity index is 392. The first-order valence-corrected chi connectivity index (χ1v) is 4.41. The molecule has 2 nitrogen and oxygen atoms in total. The van der Waals surface area contributed by atoms with Gasteiger partial charge in [-0.25, -0.2) is 4.42 Å². The maximum Gasteiger partial charge on any atom is 0.359 e. The molecule has 2 heteroatoms. The molecular weight excluding hydrogens is 176 g/mol. The van der Waals surface area contributed by atoms with Crippen LogP contribution in [0, 0.1) is 0 Å². The predicted molar refractivity (Wildman–Crippen MR) is 55.1 cm³/mol. The SMILES string of the molecule is COc1ccc(-c2cccc[o+]2)cc1. The van der Waals surface area contributed by atoms with Crippen molar-refractivity contribution in [3.05, 3.63) is 48.7 Å². The summed E-state index contributed by atoms with van der Waals surface area (Å²) < 4.78 is 10.4. The zero-order valence-corrected chi connectivity index (χ0v) is 7.94. The standard InChI is InChI=1S/C12H11O2/c1-13-11-7-5-10(6-8-11)12-4-2-3-9-14-12/h2-9H,1H3/q+1. The van der Waals surface area contributed by atoms with Crippen LogP contribution in [0.1, 0.15) is 0 Å².